The molecule has 3 aromatic carbocycles. The van der Waals surface area contributed by atoms with Gasteiger partial charge in [0.15, 0.2) is 6.61 Å². The Morgan fingerprint density at radius 3 is 2.19 bits per heavy atom. The van der Waals surface area contributed by atoms with E-state index in [1.54, 1.807) is 18.3 Å². The molecule has 1 aromatic heterocycles. The maximum Gasteiger partial charge on any atom is 0.422 e. The minimum atomic E-state index is -4.37. The van der Waals surface area contributed by atoms with E-state index in [-0.39, 0.29) is 5.75 Å². The Kier molecular flexibility index (Phi) is 6.51. The summed E-state index contributed by atoms with van der Waals surface area (Å²) >= 11 is 1.47. The van der Waals surface area contributed by atoms with Crippen LogP contribution in [0.3, 0.4) is 0 Å². The van der Waals surface area contributed by atoms with Crippen molar-refractivity contribution in [2.45, 2.75) is 6.18 Å². The van der Waals surface area contributed by atoms with Crippen LogP contribution in [0.5, 0.6) is 5.75 Å². The van der Waals surface area contributed by atoms with Crippen LogP contribution in [0.4, 0.5) is 13.2 Å². The first-order valence-electron chi connectivity index (χ1n) is 9.68. The smallest absolute Gasteiger partial charge is 0.422 e. The van der Waals surface area contributed by atoms with Crippen LogP contribution in [0, 0.1) is 0 Å². The zero-order valence-electron chi connectivity index (χ0n) is 16.7. The summed E-state index contributed by atoms with van der Waals surface area (Å²) in [5.74, 6) is 0.143. The van der Waals surface area contributed by atoms with Gasteiger partial charge in [0, 0.05) is 11.1 Å². The highest BCUT2D eigenvalue weighted by molar-refractivity contribution is 7.07. The lowest BCUT2D eigenvalue weighted by molar-refractivity contribution is -0.153. The molecule has 4 nitrogen and oxygen atoms in total. The van der Waals surface area contributed by atoms with E-state index in [0.717, 1.165) is 16.9 Å². The van der Waals surface area contributed by atoms with Crippen molar-refractivity contribution in [1.82, 2.24) is 4.57 Å². The van der Waals surface area contributed by atoms with E-state index in [1.165, 1.54) is 23.5 Å². The third-order valence-electron chi connectivity index (χ3n) is 4.42. The lowest BCUT2D eigenvalue weighted by Crippen LogP contribution is -2.19. The van der Waals surface area contributed by atoms with E-state index in [1.807, 2.05) is 70.6 Å². The van der Waals surface area contributed by atoms with Crippen LogP contribution in [0.25, 0.3) is 16.9 Å². The van der Waals surface area contributed by atoms with Crippen molar-refractivity contribution in [2.24, 2.45) is 10.2 Å². The Hall–Kier alpha value is -3.65. The molecule has 0 fully saturated rings. The van der Waals surface area contributed by atoms with Gasteiger partial charge in [-0.05, 0) is 47.5 Å². The van der Waals surface area contributed by atoms with E-state index < -0.39 is 12.8 Å². The maximum absolute atomic E-state index is 12.3. The zero-order chi connectivity index (χ0) is 22.4. The van der Waals surface area contributed by atoms with Crippen molar-refractivity contribution in [3.8, 4) is 22.7 Å². The predicted molar refractivity (Wildman–Crippen MR) is 120 cm³/mol. The Bertz CT molecular complexity index is 1250. The summed E-state index contributed by atoms with van der Waals surface area (Å²) in [6.07, 6.45) is -2.82. The van der Waals surface area contributed by atoms with Crippen LogP contribution in [0.15, 0.2) is 101 Å². The summed E-state index contributed by atoms with van der Waals surface area (Å²) in [6.45, 7) is -1.32. The molecule has 0 aliphatic heterocycles. The molecule has 32 heavy (non-hydrogen) atoms. The zero-order valence-corrected chi connectivity index (χ0v) is 17.6. The Morgan fingerprint density at radius 1 is 0.875 bits per heavy atom. The van der Waals surface area contributed by atoms with E-state index >= 15 is 0 Å². The molecular formula is C24H18F3N3OS. The first kappa shape index (κ1) is 21.6. The van der Waals surface area contributed by atoms with Gasteiger partial charge < -0.3 is 4.74 Å². The van der Waals surface area contributed by atoms with Crippen molar-refractivity contribution in [3.05, 3.63) is 101 Å². The molecule has 0 saturated carbocycles. The summed E-state index contributed by atoms with van der Waals surface area (Å²) in [5, 5.41) is 10.6. The molecule has 0 unspecified atom stereocenters. The average molecular weight is 453 g/mol. The van der Waals surface area contributed by atoms with Crippen LogP contribution in [-0.4, -0.2) is 23.6 Å². The van der Waals surface area contributed by atoms with Gasteiger partial charge in [0.25, 0.3) is 0 Å². The molecule has 0 N–H and O–H groups in total. The maximum atomic E-state index is 12.3. The third-order valence-corrected chi connectivity index (χ3v) is 5.24. The summed E-state index contributed by atoms with van der Waals surface area (Å²) < 4.78 is 43.5. The van der Waals surface area contributed by atoms with Gasteiger partial charge in [-0.3, -0.25) is 4.57 Å². The number of para-hydroxylation sites is 1. The number of thiazole rings is 1. The first-order valence-corrected chi connectivity index (χ1v) is 10.6. The Labute approximate surface area is 186 Å². The van der Waals surface area contributed by atoms with Gasteiger partial charge >= 0.3 is 6.18 Å². The largest absolute Gasteiger partial charge is 0.484 e. The highest BCUT2D eigenvalue weighted by Crippen LogP contribution is 2.23. The second-order valence-electron chi connectivity index (χ2n) is 6.76. The second kappa shape index (κ2) is 9.65. The third kappa shape index (κ3) is 5.53. The van der Waals surface area contributed by atoms with Gasteiger partial charge in [0.2, 0.25) is 4.80 Å². The number of nitrogens with zero attached hydrogens (tertiary/aromatic N) is 3. The molecule has 0 amide bonds. The molecule has 0 aliphatic rings. The standard InChI is InChI=1S/C24H18F3N3OS/c25-24(26,27)17-31-21-13-11-18(12-14-21)15-28-29-23-30(20-9-5-2-6-10-20)22(16-32-23)19-7-3-1-4-8-19/h1-16H,17H2/b28-15+,29-23-. The van der Waals surface area contributed by atoms with Crippen LogP contribution < -0.4 is 9.54 Å². The molecule has 1 heterocycles. The van der Waals surface area contributed by atoms with E-state index in [9.17, 15) is 13.2 Å². The van der Waals surface area contributed by atoms with Crippen molar-refractivity contribution in [2.75, 3.05) is 6.61 Å². The number of halogens is 3. The van der Waals surface area contributed by atoms with Crippen LogP contribution in [0.2, 0.25) is 0 Å². The summed E-state index contributed by atoms with van der Waals surface area (Å²) in [7, 11) is 0. The summed E-state index contributed by atoms with van der Waals surface area (Å²) in [5.41, 5.74) is 3.72. The fourth-order valence-electron chi connectivity index (χ4n) is 2.98. The lowest BCUT2D eigenvalue weighted by Gasteiger charge is -2.09. The topological polar surface area (TPSA) is 38.9 Å². The van der Waals surface area contributed by atoms with E-state index in [0.29, 0.717) is 10.4 Å². The molecule has 4 rings (SSSR count). The molecular weight excluding hydrogens is 435 g/mol. The quantitative estimate of drug-likeness (QED) is 0.258. The number of rotatable bonds is 6. The predicted octanol–water partition coefficient (Wildman–Crippen LogP) is 6.08. The SMILES string of the molecule is FC(F)(F)COc1ccc(/C=N/N=c2\scc(-c3ccccc3)n2-c2ccccc2)cc1. The van der Waals surface area contributed by atoms with Gasteiger partial charge in [-0.15, -0.1) is 16.4 Å². The monoisotopic (exact) mass is 453 g/mol. The summed E-state index contributed by atoms with van der Waals surface area (Å²) in [4.78, 5) is 0.691. The van der Waals surface area contributed by atoms with Gasteiger partial charge in [0.1, 0.15) is 5.75 Å². The van der Waals surface area contributed by atoms with Gasteiger partial charge in [0.05, 0.1) is 11.9 Å². The van der Waals surface area contributed by atoms with E-state index in [2.05, 4.69) is 10.2 Å². The number of benzene rings is 3. The number of hydrogen-bond donors (Lipinski definition) is 0. The highest BCUT2D eigenvalue weighted by Gasteiger charge is 2.28. The minimum Gasteiger partial charge on any atom is -0.484 e. The molecule has 0 atom stereocenters. The number of aromatic nitrogens is 1. The van der Waals surface area contributed by atoms with E-state index in [4.69, 9.17) is 4.74 Å². The molecule has 8 heteroatoms. The van der Waals surface area contributed by atoms with Gasteiger partial charge in [-0.1, -0.05) is 48.5 Å². The van der Waals surface area contributed by atoms with Crippen molar-refractivity contribution in [3.63, 3.8) is 0 Å². The fraction of sp³-hybridized carbons (Fsp3) is 0.0833. The van der Waals surface area contributed by atoms with Crippen LogP contribution in [0.1, 0.15) is 5.56 Å². The number of alkyl halides is 3. The van der Waals surface area contributed by atoms with Crippen molar-refractivity contribution >= 4 is 17.6 Å². The van der Waals surface area contributed by atoms with Crippen LogP contribution in [-0.2, 0) is 0 Å². The molecule has 0 aliphatic carbocycles. The normalized spacial score (nSPS) is 12.4. The van der Waals surface area contributed by atoms with Crippen molar-refractivity contribution < 1.29 is 17.9 Å². The molecule has 0 spiro atoms. The molecule has 162 valence electrons. The molecule has 0 radical (unpaired) electrons. The summed E-state index contributed by atoms with van der Waals surface area (Å²) in [6, 6.07) is 26.1. The highest BCUT2D eigenvalue weighted by atomic mass is 32.1. The number of hydrogen-bond acceptors (Lipinski definition) is 4. The Morgan fingerprint density at radius 2 is 1.53 bits per heavy atom. The van der Waals surface area contributed by atoms with Crippen molar-refractivity contribution in [1.29, 1.82) is 0 Å². The van der Waals surface area contributed by atoms with Crippen LogP contribution >= 0.6 is 11.3 Å². The molecule has 0 bridgehead atoms. The lowest BCUT2D eigenvalue weighted by atomic mass is 10.1. The average Bonchev–Trinajstić information content (AvgIpc) is 3.23. The molecule has 4 aromatic rings. The van der Waals surface area contributed by atoms with Gasteiger partial charge in [-0.25, -0.2) is 0 Å². The number of ether oxygens (including phenoxy) is 1. The second-order valence-corrected chi connectivity index (χ2v) is 7.59. The Balaban J connectivity index is 1.60. The minimum absolute atomic E-state index is 0.143. The fourth-order valence-corrected chi connectivity index (χ4v) is 3.84. The molecule has 0 saturated heterocycles. The van der Waals surface area contributed by atoms with Gasteiger partial charge in [-0.2, -0.15) is 18.3 Å². The first-order chi connectivity index (χ1) is 15.5.